The van der Waals surface area contributed by atoms with Crippen LogP contribution in [-0.4, -0.2) is 17.7 Å². The van der Waals surface area contributed by atoms with Gasteiger partial charge in [0, 0.05) is 25.5 Å². The lowest BCUT2D eigenvalue weighted by molar-refractivity contribution is -0.120. The number of hydrogen-bond acceptors (Lipinski definition) is 4. The molecule has 3 aromatic carbocycles. The zero-order valence-electron chi connectivity index (χ0n) is 17.2. The third kappa shape index (κ3) is 4.75. The quantitative estimate of drug-likeness (QED) is 0.284. The SMILES string of the molecule is Cc1c(Cl)cccc1N1C(=O)C(Cl)=C(Nc2cccc(C(=O)Nc3ccc(I)cc3)c2)C1=O. The lowest BCUT2D eigenvalue weighted by Gasteiger charge is -2.18. The molecule has 0 aliphatic carbocycles. The van der Waals surface area contributed by atoms with Crippen LogP contribution in [0.5, 0.6) is 0 Å². The van der Waals surface area contributed by atoms with Crippen molar-refractivity contribution in [1.82, 2.24) is 0 Å². The number of anilines is 3. The molecule has 1 heterocycles. The monoisotopic (exact) mass is 591 g/mol. The Morgan fingerprint density at radius 1 is 0.909 bits per heavy atom. The van der Waals surface area contributed by atoms with Crippen LogP contribution >= 0.6 is 45.8 Å². The highest BCUT2D eigenvalue weighted by Gasteiger charge is 2.39. The van der Waals surface area contributed by atoms with Crippen LogP contribution in [0.15, 0.2) is 77.5 Å². The summed E-state index contributed by atoms with van der Waals surface area (Å²) in [4.78, 5) is 39.4. The van der Waals surface area contributed by atoms with Crippen LogP contribution in [-0.2, 0) is 9.59 Å². The molecule has 166 valence electrons. The zero-order valence-corrected chi connectivity index (χ0v) is 20.8. The average Bonchev–Trinajstić information content (AvgIpc) is 3.00. The van der Waals surface area contributed by atoms with Gasteiger partial charge in [-0.2, -0.15) is 0 Å². The molecule has 0 atom stereocenters. The molecule has 3 amide bonds. The van der Waals surface area contributed by atoms with Crippen LogP contribution < -0.4 is 15.5 Å². The first kappa shape index (κ1) is 23.3. The first-order valence-corrected chi connectivity index (χ1v) is 11.6. The molecular weight excluding hydrogens is 576 g/mol. The fourth-order valence-electron chi connectivity index (χ4n) is 3.29. The Bertz CT molecular complexity index is 1320. The molecule has 33 heavy (non-hydrogen) atoms. The number of imide groups is 1. The van der Waals surface area contributed by atoms with Gasteiger partial charge in [0.2, 0.25) is 0 Å². The van der Waals surface area contributed by atoms with E-state index in [1.165, 1.54) is 0 Å². The summed E-state index contributed by atoms with van der Waals surface area (Å²) in [5, 5.41) is 5.90. The van der Waals surface area contributed by atoms with Crippen LogP contribution in [0.25, 0.3) is 0 Å². The second-order valence-electron chi connectivity index (χ2n) is 7.19. The summed E-state index contributed by atoms with van der Waals surface area (Å²) >= 11 is 14.6. The first-order valence-electron chi connectivity index (χ1n) is 9.74. The van der Waals surface area contributed by atoms with Crippen molar-refractivity contribution < 1.29 is 14.4 Å². The smallest absolute Gasteiger partial charge is 0.283 e. The maximum atomic E-state index is 13.1. The standard InChI is InChI=1S/C24H16Cl2IN3O3/c1-13-18(25)6-3-7-19(13)30-23(32)20(26)21(24(30)33)28-17-5-2-4-14(12-17)22(31)29-16-10-8-15(27)9-11-16/h2-12,28H,1H3,(H,29,31). The number of carbonyl (C=O) groups is 3. The summed E-state index contributed by atoms with van der Waals surface area (Å²) < 4.78 is 1.06. The predicted octanol–water partition coefficient (Wildman–Crippen LogP) is 5.94. The van der Waals surface area contributed by atoms with E-state index in [2.05, 4.69) is 33.2 Å². The lowest BCUT2D eigenvalue weighted by Crippen LogP contribution is -2.32. The average molecular weight is 592 g/mol. The Kier molecular flexibility index (Phi) is 6.73. The molecule has 2 N–H and O–H groups in total. The summed E-state index contributed by atoms with van der Waals surface area (Å²) in [6.07, 6.45) is 0. The van der Waals surface area contributed by atoms with E-state index in [4.69, 9.17) is 23.2 Å². The van der Waals surface area contributed by atoms with Crippen LogP contribution in [0.4, 0.5) is 17.1 Å². The fraction of sp³-hybridized carbons (Fsp3) is 0.0417. The van der Waals surface area contributed by atoms with E-state index >= 15 is 0 Å². The summed E-state index contributed by atoms with van der Waals surface area (Å²) in [6.45, 7) is 1.72. The maximum Gasteiger partial charge on any atom is 0.283 e. The van der Waals surface area contributed by atoms with E-state index in [0.29, 0.717) is 33.2 Å². The van der Waals surface area contributed by atoms with Gasteiger partial charge in [-0.1, -0.05) is 35.3 Å². The minimum absolute atomic E-state index is 0.0729. The summed E-state index contributed by atoms with van der Waals surface area (Å²) in [6, 6.07) is 18.9. The normalized spacial score (nSPS) is 13.5. The van der Waals surface area contributed by atoms with Crippen molar-refractivity contribution in [2.45, 2.75) is 6.92 Å². The van der Waals surface area contributed by atoms with Crippen molar-refractivity contribution in [2.75, 3.05) is 15.5 Å². The van der Waals surface area contributed by atoms with E-state index in [-0.39, 0.29) is 16.6 Å². The minimum atomic E-state index is -0.651. The number of hydrogen-bond donors (Lipinski definition) is 2. The van der Waals surface area contributed by atoms with E-state index in [1.54, 1.807) is 49.4 Å². The highest BCUT2D eigenvalue weighted by atomic mass is 127. The second kappa shape index (κ2) is 9.54. The molecule has 0 unspecified atom stereocenters. The third-order valence-corrected chi connectivity index (χ3v) is 6.48. The molecule has 0 saturated carbocycles. The molecular formula is C24H16Cl2IN3O3. The van der Waals surface area contributed by atoms with Crippen LogP contribution in [0, 0.1) is 10.5 Å². The van der Waals surface area contributed by atoms with E-state index in [0.717, 1.165) is 8.47 Å². The summed E-state index contributed by atoms with van der Waals surface area (Å²) in [5.74, 6) is -1.57. The topological polar surface area (TPSA) is 78.5 Å². The highest BCUT2D eigenvalue weighted by molar-refractivity contribution is 14.1. The molecule has 0 radical (unpaired) electrons. The zero-order chi connectivity index (χ0) is 23.7. The number of nitrogens with zero attached hydrogens (tertiary/aromatic N) is 1. The molecule has 0 spiro atoms. The van der Waals surface area contributed by atoms with Gasteiger partial charge in [-0.25, -0.2) is 4.90 Å². The van der Waals surface area contributed by atoms with Crippen molar-refractivity contribution >= 4 is 80.6 Å². The molecule has 0 aromatic heterocycles. The Morgan fingerprint density at radius 2 is 1.61 bits per heavy atom. The molecule has 0 bridgehead atoms. The van der Waals surface area contributed by atoms with Gasteiger partial charge in [-0.3, -0.25) is 14.4 Å². The minimum Gasteiger partial charge on any atom is -0.350 e. The Hall–Kier alpha value is -2.88. The Balaban J connectivity index is 1.56. The van der Waals surface area contributed by atoms with Gasteiger partial charge in [-0.15, -0.1) is 0 Å². The first-order chi connectivity index (χ1) is 15.8. The molecule has 9 heteroatoms. The molecule has 1 aliphatic rings. The second-order valence-corrected chi connectivity index (χ2v) is 9.22. The largest absolute Gasteiger partial charge is 0.350 e. The van der Waals surface area contributed by atoms with Gasteiger partial charge >= 0.3 is 0 Å². The number of nitrogens with one attached hydrogen (secondary N) is 2. The van der Waals surface area contributed by atoms with E-state index in [1.807, 2.05) is 24.3 Å². The third-order valence-electron chi connectivity index (χ3n) is 5.00. The predicted molar refractivity (Wildman–Crippen MR) is 139 cm³/mol. The van der Waals surface area contributed by atoms with Crippen LogP contribution in [0.2, 0.25) is 5.02 Å². The van der Waals surface area contributed by atoms with Gasteiger partial charge in [0.1, 0.15) is 10.7 Å². The number of carbonyl (C=O) groups excluding carboxylic acids is 3. The summed E-state index contributed by atoms with van der Waals surface area (Å²) in [5.41, 5.74) is 2.34. The number of rotatable bonds is 5. The Morgan fingerprint density at radius 3 is 2.33 bits per heavy atom. The lowest BCUT2D eigenvalue weighted by atomic mass is 10.1. The number of amides is 3. The van der Waals surface area contributed by atoms with Gasteiger partial charge in [0.05, 0.1) is 5.69 Å². The number of halogens is 3. The van der Waals surface area contributed by atoms with E-state index in [9.17, 15) is 14.4 Å². The van der Waals surface area contributed by atoms with Crippen molar-refractivity contribution in [1.29, 1.82) is 0 Å². The molecule has 4 rings (SSSR count). The van der Waals surface area contributed by atoms with Crippen LogP contribution in [0.1, 0.15) is 15.9 Å². The van der Waals surface area contributed by atoms with Crippen LogP contribution in [0.3, 0.4) is 0 Å². The molecule has 6 nitrogen and oxygen atoms in total. The fourth-order valence-corrected chi connectivity index (χ4v) is 4.03. The number of benzene rings is 3. The molecule has 3 aromatic rings. The summed E-state index contributed by atoms with van der Waals surface area (Å²) in [7, 11) is 0. The van der Waals surface area contributed by atoms with Crippen molar-refractivity contribution in [3.8, 4) is 0 Å². The van der Waals surface area contributed by atoms with E-state index < -0.39 is 11.8 Å². The maximum absolute atomic E-state index is 13.1. The Labute approximate surface area is 213 Å². The van der Waals surface area contributed by atoms with Gasteiger partial charge in [0.25, 0.3) is 17.7 Å². The highest BCUT2D eigenvalue weighted by Crippen LogP contribution is 2.34. The van der Waals surface area contributed by atoms with Gasteiger partial charge in [-0.05, 0) is 89.7 Å². The van der Waals surface area contributed by atoms with Crippen molar-refractivity contribution in [2.24, 2.45) is 0 Å². The van der Waals surface area contributed by atoms with Gasteiger partial charge < -0.3 is 10.6 Å². The molecule has 0 saturated heterocycles. The van der Waals surface area contributed by atoms with Gasteiger partial charge in [0.15, 0.2) is 0 Å². The molecule has 1 aliphatic heterocycles. The molecule has 0 fully saturated rings. The van der Waals surface area contributed by atoms with Crippen molar-refractivity contribution in [3.63, 3.8) is 0 Å². The van der Waals surface area contributed by atoms with Crippen molar-refractivity contribution in [3.05, 3.63) is 97.2 Å².